The maximum Gasteiger partial charge on any atom is 0.119 e. The van der Waals surface area contributed by atoms with Gasteiger partial charge in [-0.05, 0) is 37.1 Å². The van der Waals surface area contributed by atoms with Gasteiger partial charge in [-0.15, -0.1) is 0 Å². The SMILES string of the molecule is CCCNC(CC)c1ccc(OCCCF)cc1. The second kappa shape index (κ2) is 8.92. The lowest BCUT2D eigenvalue weighted by Crippen LogP contribution is -2.21. The van der Waals surface area contributed by atoms with Crippen molar-refractivity contribution in [3.63, 3.8) is 0 Å². The third kappa shape index (κ3) is 5.05. The predicted octanol–water partition coefficient (Wildman–Crippen LogP) is 3.88. The number of rotatable bonds is 9. The summed E-state index contributed by atoms with van der Waals surface area (Å²) >= 11 is 0. The zero-order valence-electron chi connectivity index (χ0n) is 11.4. The smallest absolute Gasteiger partial charge is 0.119 e. The molecule has 0 spiro atoms. The average molecular weight is 253 g/mol. The van der Waals surface area contributed by atoms with E-state index in [2.05, 4.69) is 31.3 Å². The number of nitrogens with one attached hydrogen (secondary N) is 1. The molecule has 1 N–H and O–H groups in total. The average Bonchev–Trinajstić information content (AvgIpc) is 2.41. The molecule has 102 valence electrons. The summed E-state index contributed by atoms with van der Waals surface area (Å²) in [5.41, 5.74) is 1.28. The molecule has 0 fully saturated rings. The van der Waals surface area contributed by atoms with Gasteiger partial charge in [0.05, 0.1) is 13.3 Å². The van der Waals surface area contributed by atoms with Crippen LogP contribution >= 0.6 is 0 Å². The van der Waals surface area contributed by atoms with Gasteiger partial charge in [0.15, 0.2) is 0 Å². The van der Waals surface area contributed by atoms with Crippen molar-refractivity contribution in [3.05, 3.63) is 29.8 Å². The van der Waals surface area contributed by atoms with Crippen LogP contribution in [0.2, 0.25) is 0 Å². The highest BCUT2D eigenvalue weighted by molar-refractivity contribution is 5.29. The standard InChI is InChI=1S/C15H24FNO/c1-3-11-17-15(4-2)13-6-8-14(9-7-13)18-12-5-10-16/h6-9,15,17H,3-5,10-12H2,1-2H3. The third-order valence-electron chi connectivity index (χ3n) is 2.88. The van der Waals surface area contributed by atoms with E-state index in [-0.39, 0.29) is 6.67 Å². The molecule has 1 atom stereocenters. The lowest BCUT2D eigenvalue weighted by atomic mass is 10.0. The van der Waals surface area contributed by atoms with E-state index in [1.165, 1.54) is 5.56 Å². The Hall–Kier alpha value is -1.09. The van der Waals surface area contributed by atoms with Crippen molar-refractivity contribution in [2.24, 2.45) is 0 Å². The summed E-state index contributed by atoms with van der Waals surface area (Å²) in [5, 5.41) is 3.52. The van der Waals surface area contributed by atoms with Crippen LogP contribution in [-0.2, 0) is 0 Å². The maximum absolute atomic E-state index is 11.9. The fourth-order valence-electron chi connectivity index (χ4n) is 1.86. The number of benzene rings is 1. The first-order valence-electron chi connectivity index (χ1n) is 6.83. The van der Waals surface area contributed by atoms with Crippen LogP contribution in [0, 0.1) is 0 Å². The van der Waals surface area contributed by atoms with Gasteiger partial charge in [-0.2, -0.15) is 0 Å². The zero-order valence-corrected chi connectivity index (χ0v) is 11.4. The molecular formula is C15H24FNO. The molecule has 0 amide bonds. The molecule has 0 aliphatic heterocycles. The van der Waals surface area contributed by atoms with Crippen molar-refractivity contribution < 1.29 is 9.13 Å². The van der Waals surface area contributed by atoms with E-state index in [0.29, 0.717) is 19.1 Å². The molecule has 0 saturated carbocycles. The topological polar surface area (TPSA) is 21.3 Å². The Morgan fingerprint density at radius 3 is 2.50 bits per heavy atom. The number of halogens is 1. The molecule has 1 unspecified atom stereocenters. The van der Waals surface area contributed by atoms with Crippen molar-refractivity contribution >= 4 is 0 Å². The number of ether oxygens (including phenoxy) is 1. The minimum absolute atomic E-state index is 0.322. The first-order valence-corrected chi connectivity index (χ1v) is 6.83. The Morgan fingerprint density at radius 1 is 1.22 bits per heavy atom. The molecule has 0 aliphatic rings. The monoisotopic (exact) mass is 253 g/mol. The molecule has 1 rings (SSSR count). The van der Waals surface area contributed by atoms with Crippen molar-refractivity contribution in [3.8, 4) is 5.75 Å². The Labute approximate surface area is 110 Å². The molecule has 1 aromatic carbocycles. The van der Waals surface area contributed by atoms with Gasteiger partial charge in [-0.25, -0.2) is 0 Å². The lowest BCUT2D eigenvalue weighted by molar-refractivity contribution is 0.289. The minimum atomic E-state index is -0.322. The summed E-state index contributed by atoms with van der Waals surface area (Å²) in [7, 11) is 0. The van der Waals surface area contributed by atoms with Crippen molar-refractivity contribution in [1.82, 2.24) is 5.32 Å². The summed E-state index contributed by atoms with van der Waals surface area (Å²) in [6.45, 7) is 5.51. The molecule has 0 heterocycles. The van der Waals surface area contributed by atoms with E-state index >= 15 is 0 Å². The molecule has 0 aromatic heterocycles. The largest absolute Gasteiger partial charge is 0.494 e. The van der Waals surface area contributed by atoms with Crippen LogP contribution in [0.25, 0.3) is 0 Å². The van der Waals surface area contributed by atoms with Crippen LogP contribution in [0.4, 0.5) is 4.39 Å². The molecule has 0 aliphatic carbocycles. The van der Waals surface area contributed by atoms with E-state index < -0.39 is 0 Å². The molecule has 1 aromatic rings. The van der Waals surface area contributed by atoms with Crippen molar-refractivity contribution in [2.75, 3.05) is 19.8 Å². The van der Waals surface area contributed by atoms with Gasteiger partial charge in [0.2, 0.25) is 0 Å². The fourth-order valence-corrected chi connectivity index (χ4v) is 1.86. The molecule has 0 saturated heterocycles. The zero-order chi connectivity index (χ0) is 13.2. The summed E-state index contributed by atoms with van der Waals surface area (Å²) < 4.78 is 17.4. The third-order valence-corrected chi connectivity index (χ3v) is 2.88. The first kappa shape index (κ1) is 15.0. The Bertz CT molecular complexity index is 313. The summed E-state index contributed by atoms with van der Waals surface area (Å²) in [4.78, 5) is 0. The van der Waals surface area contributed by atoms with E-state index in [1.807, 2.05) is 12.1 Å². The highest BCUT2D eigenvalue weighted by atomic mass is 19.1. The Kier molecular flexibility index (Phi) is 7.42. The lowest BCUT2D eigenvalue weighted by Gasteiger charge is -2.17. The van der Waals surface area contributed by atoms with Gasteiger partial charge >= 0.3 is 0 Å². The highest BCUT2D eigenvalue weighted by Gasteiger charge is 2.07. The van der Waals surface area contributed by atoms with Crippen LogP contribution in [0.15, 0.2) is 24.3 Å². The highest BCUT2D eigenvalue weighted by Crippen LogP contribution is 2.20. The molecule has 0 radical (unpaired) electrons. The molecular weight excluding hydrogens is 229 g/mol. The van der Waals surface area contributed by atoms with Crippen LogP contribution in [0.1, 0.15) is 44.7 Å². The van der Waals surface area contributed by atoms with E-state index in [4.69, 9.17) is 4.74 Å². The molecule has 0 bridgehead atoms. The van der Waals surface area contributed by atoms with Gasteiger partial charge in [0.25, 0.3) is 0 Å². The van der Waals surface area contributed by atoms with Gasteiger partial charge in [0, 0.05) is 12.5 Å². The molecule has 2 nitrogen and oxygen atoms in total. The van der Waals surface area contributed by atoms with Gasteiger partial charge in [-0.3, -0.25) is 4.39 Å². The fraction of sp³-hybridized carbons (Fsp3) is 0.600. The Balaban J connectivity index is 2.51. The second-order valence-corrected chi connectivity index (χ2v) is 4.37. The Morgan fingerprint density at radius 2 is 1.94 bits per heavy atom. The first-order chi connectivity index (χ1) is 8.81. The number of hydrogen-bond acceptors (Lipinski definition) is 2. The van der Waals surface area contributed by atoms with Crippen molar-refractivity contribution in [2.45, 2.75) is 39.2 Å². The van der Waals surface area contributed by atoms with Crippen LogP contribution in [0.3, 0.4) is 0 Å². The van der Waals surface area contributed by atoms with Crippen LogP contribution in [-0.4, -0.2) is 19.8 Å². The van der Waals surface area contributed by atoms with Gasteiger partial charge in [0.1, 0.15) is 5.75 Å². The summed E-state index contributed by atoms with van der Waals surface area (Å²) in [5.74, 6) is 0.817. The minimum Gasteiger partial charge on any atom is -0.494 e. The van der Waals surface area contributed by atoms with Crippen LogP contribution < -0.4 is 10.1 Å². The van der Waals surface area contributed by atoms with E-state index in [1.54, 1.807) is 0 Å². The predicted molar refractivity (Wildman–Crippen MR) is 73.9 cm³/mol. The van der Waals surface area contributed by atoms with E-state index in [0.717, 1.165) is 25.1 Å². The van der Waals surface area contributed by atoms with Crippen LogP contribution in [0.5, 0.6) is 5.75 Å². The normalized spacial score (nSPS) is 12.4. The summed E-state index contributed by atoms with van der Waals surface area (Å²) in [6, 6.07) is 8.50. The van der Waals surface area contributed by atoms with Gasteiger partial charge < -0.3 is 10.1 Å². The quantitative estimate of drug-likeness (QED) is 0.674. The second-order valence-electron chi connectivity index (χ2n) is 4.37. The number of hydrogen-bond donors (Lipinski definition) is 1. The van der Waals surface area contributed by atoms with Gasteiger partial charge in [-0.1, -0.05) is 26.0 Å². The van der Waals surface area contributed by atoms with Crippen molar-refractivity contribution in [1.29, 1.82) is 0 Å². The molecule has 18 heavy (non-hydrogen) atoms. The number of alkyl halides is 1. The van der Waals surface area contributed by atoms with E-state index in [9.17, 15) is 4.39 Å². The molecule has 3 heteroatoms. The summed E-state index contributed by atoms with van der Waals surface area (Å²) in [6.07, 6.45) is 2.67. The maximum atomic E-state index is 11.9.